The smallest absolute Gasteiger partial charge is 0.272 e. The van der Waals surface area contributed by atoms with Crippen molar-refractivity contribution in [1.82, 2.24) is 10.4 Å². The van der Waals surface area contributed by atoms with Gasteiger partial charge < -0.3 is 15.3 Å². The van der Waals surface area contributed by atoms with Crippen LogP contribution in [0.2, 0.25) is 0 Å². The van der Waals surface area contributed by atoms with E-state index in [0.717, 1.165) is 6.42 Å². The van der Waals surface area contributed by atoms with Gasteiger partial charge in [0.15, 0.2) is 0 Å². The van der Waals surface area contributed by atoms with Crippen molar-refractivity contribution in [2.75, 3.05) is 11.9 Å². The second kappa shape index (κ2) is 10.1. The maximum Gasteiger partial charge on any atom is 0.272 e. The fourth-order valence-corrected chi connectivity index (χ4v) is 3.40. The van der Waals surface area contributed by atoms with Crippen LogP contribution in [0, 0.1) is 11.7 Å². The first-order valence-corrected chi connectivity index (χ1v) is 9.38. The van der Waals surface area contributed by atoms with Gasteiger partial charge in [0.05, 0.1) is 5.92 Å². The Hall–Kier alpha value is -2.52. The topological polar surface area (TPSA) is 119 Å². The second-order valence-electron chi connectivity index (χ2n) is 6.86. The van der Waals surface area contributed by atoms with Crippen LogP contribution < -0.4 is 10.8 Å². The number of benzene rings is 1. The molecule has 1 aromatic rings. The standard InChI is InChI=1S/C19H26FN3O5/c1-2-3-8-14(16(24)18(26)22-28)19(27)23-10-5-9-15(23)17(25)21-13-7-4-6-12(20)11-13/h4,6-7,11,14-16,24,28H,2-3,5,8-10H2,1H3,(H,21,25)(H,22,26)/t14?,15-,16?/m0/s1. The Kier molecular flexibility index (Phi) is 7.89. The molecule has 2 rings (SSSR count). The summed E-state index contributed by atoms with van der Waals surface area (Å²) in [5.74, 6) is -3.58. The van der Waals surface area contributed by atoms with E-state index < -0.39 is 41.6 Å². The number of anilines is 1. The third-order valence-electron chi connectivity index (χ3n) is 4.88. The van der Waals surface area contributed by atoms with E-state index >= 15 is 0 Å². The number of carbonyl (C=O) groups excluding carboxylic acids is 3. The first-order valence-electron chi connectivity index (χ1n) is 9.38. The molecule has 0 radical (unpaired) electrons. The van der Waals surface area contributed by atoms with E-state index in [-0.39, 0.29) is 12.1 Å². The van der Waals surface area contributed by atoms with E-state index in [1.54, 1.807) is 6.07 Å². The molecule has 3 amide bonds. The number of amides is 3. The number of aliphatic hydroxyl groups is 1. The Morgan fingerprint density at radius 1 is 1.36 bits per heavy atom. The summed E-state index contributed by atoms with van der Waals surface area (Å²) >= 11 is 0. The van der Waals surface area contributed by atoms with Gasteiger partial charge in [0.25, 0.3) is 5.91 Å². The maximum absolute atomic E-state index is 13.3. The van der Waals surface area contributed by atoms with E-state index in [1.807, 2.05) is 6.92 Å². The molecule has 154 valence electrons. The Labute approximate surface area is 162 Å². The van der Waals surface area contributed by atoms with Crippen molar-refractivity contribution < 1.29 is 29.1 Å². The summed E-state index contributed by atoms with van der Waals surface area (Å²) in [6.07, 6.45) is 0.905. The molecule has 1 heterocycles. The lowest BCUT2D eigenvalue weighted by Crippen LogP contribution is -2.50. The third kappa shape index (κ3) is 5.26. The van der Waals surface area contributed by atoms with Crippen molar-refractivity contribution in [1.29, 1.82) is 0 Å². The summed E-state index contributed by atoms with van der Waals surface area (Å²) in [6, 6.07) is 4.67. The zero-order chi connectivity index (χ0) is 20.7. The lowest BCUT2D eigenvalue weighted by atomic mass is 9.93. The maximum atomic E-state index is 13.3. The first-order chi connectivity index (χ1) is 13.4. The van der Waals surface area contributed by atoms with Crippen molar-refractivity contribution in [2.24, 2.45) is 5.92 Å². The molecule has 0 aliphatic carbocycles. The van der Waals surface area contributed by atoms with Crippen LogP contribution in [0.1, 0.15) is 39.0 Å². The van der Waals surface area contributed by atoms with Crippen LogP contribution in [0.5, 0.6) is 0 Å². The summed E-state index contributed by atoms with van der Waals surface area (Å²) in [5.41, 5.74) is 1.65. The fourth-order valence-electron chi connectivity index (χ4n) is 3.40. The molecule has 4 N–H and O–H groups in total. The highest BCUT2D eigenvalue weighted by Crippen LogP contribution is 2.25. The summed E-state index contributed by atoms with van der Waals surface area (Å²) in [6.45, 7) is 2.22. The average molecular weight is 395 g/mol. The van der Waals surface area contributed by atoms with Crippen LogP contribution in [0.25, 0.3) is 0 Å². The van der Waals surface area contributed by atoms with Crippen LogP contribution in [-0.2, 0) is 14.4 Å². The molecule has 8 nitrogen and oxygen atoms in total. The van der Waals surface area contributed by atoms with E-state index in [1.165, 1.54) is 28.6 Å². The molecule has 0 aromatic heterocycles. The molecule has 1 fully saturated rings. The van der Waals surface area contributed by atoms with Crippen LogP contribution in [0.15, 0.2) is 24.3 Å². The molecule has 28 heavy (non-hydrogen) atoms. The number of nitrogens with zero attached hydrogens (tertiary/aromatic N) is 1. The van der Waals surface area contributed by atoms with Crippen molar-refractivity contribution in [3.05, 3.63) is 30.1 Å². The molecule has 1 saturated heterocycles. The Morgan fingerprint density at radius 2 is 2.11 bits per heavy atom. The fraction of sp³-hybridized carbons (Fsp3) is 0.526. The SMILES string of the molecule is CCCCC(C(=O)N1CCC[C@H]1C(=O)Nc1cccc(F)c1)C(O)C(=O)NO. The minimum absolute atomic E-state index is 0.249. The van der Waals surface area contributed by atoms with E-state index in [2.05, 4.69) is 5.32 Å². The number of aliphatic hydroxyl groups excluding tert-OH is 1. The van der Waals surface area contributed by atoms with Gasteiger partial charge in [0.1, 0.15) is 18.0 Å². The van der Waals surface area contributed by atoms with Crippen molar-refractivity contribution in [3.8, 4) is 0 Å². The molecular formula is C19H26FN3O5. The number of hydrogen-bond donors (Lipinski definition) is 4. The summed E-state index contributed by atoms with van der Waals surface area (Å²) in [5, 5.41) is 21.5. The molecule has 9 heteroatoms. The van der Waals surface area contributed by atoms with E-state index in [9.17, 15) is 23.9 Å². The van der Waals surface area contributed by atoms with Crippen molar-refractivity contribution in [2.45, 2.75) is 51.2 Å². The number of carbonyl (C=O) groups is 3. The largest absolute Gasteiger partial charge is 0.382 e. The molecule has 1 aliphatic heterocycles. The highest BCUT2D eigenvalue weighted by atomic mass is 19.1. The normalized spacial score (nSPS) is 18.4. The number of halogens is 1. The van der Waals surface area contributed by atoms with Crippen LogP contribution in [0.4, 0.5) is 10.1 Å². The number of likely N-dealkylation sites (tertiary alicyclic amines) is 1. The first kappa shape index (κ1) is 21.8. The van der Waals surface area contributed by atoms with Gasteiger partial charge in [-0.1, -0.05) is 25.8 Å². The highest BCUT2D eigenvalue weighted by molar-refractivity contribution is 5.98. The van der Waals surface area contributed by atoms with Crippen LogP contribution in [-0.4, -0.2) is 51.6 Å². The number of hydroxylamine groups is 1. The van der Waals surface area contributed by atoms with Crippen LogP contribution >= 0.6 is 0 Å². The van der Waals surface area contributed by atoms with Gasteiger partial charge in [0.2, 0.25) is 11.8 Å². The van der Waals surface area contributed by atoms with Gasteiger partial charge in [0, 0.05) is 12.2 Å². The highest BCUT2D eigenvalue weighted by Gasteiger charge is 2.41. The third-order valence-corrected chi connectivity index (χ3v) is 4.88. The number of unbranched alkanes of at least 4 members (excludes halogenated alkanes) is 1. The Bertz CT molecular complexity index is 715. The average Bonchev–Trinajstić information content (AvgIpc) is 3.17. The lowest BCUT2D eigenvalue weighted by Gasteiger charge is -2.30. The summed E-state index contributed by atoms with van der Waals surface area (Å²) < 4.78 is 13.3. The molecular weight excluding hydrogens is 369 g/mol. The minimum Gasteiger partial charge on any atom is -0.382 e. The monoisotopic (exact) mass is 395 g/mol. The van der Waals surface area contributed by atoms with Crippen molar-refractivity contribution in [3.63, 3.8) is 0 Å². The quantitative estimate of drug-likeness (QED) is 0.392. The van der Waals surface area contributed by atoms with Gasteiger partial charge in [-0.25, -0.2) is 9.87 Å². The zero-order valence-corrected chi connectivity index (χ0v) is 15.7. The second-order valence-corrected chi connectivity index (χ2v) is 6.86. The van der Waals surface area contributed by atoms with Crippen molar-refractivity contribution >= 4 is 23.4 Å². The van der Waals surface area contributed by atoms with Gasteiger partial charge in [-0.05, 0) is 37.5 Å². The Morgan fingerprint density at radius 3 is 2.75 bits per heavy atom. The number of nitrogens with one attached hydrogen (secondary N) is 2. The zero-order valence-electron chi connectivity index (χ0n) is 15.7. The molecule has 1 aromatic carbocycles. The molecule has 2 unspecified atom stereocenters. The summed E-state index contributed by atoms with van der Waals surface area (Å²) in [4.78, 5) is 38.6. The van der Waals surface area contributed by atoms with E-state index in [4.69, 9.17) is 5.21 Å². The molecule has 0 saturated carbocycles. The predicted molar refractivity (Wildman–Crippen MR) is 98.7 cm³/mol. The van der Waals surface area contributed by atoms with Gasteiger partial charge in [-0.3, -0.25) is 19.6 Å². The van der Waals surface area contributed by atoms with Gasteiger partial charge >= 0.3 is 0 Å². The predicted octanol–water partition coefficient (Wildman–Crippen LogP) is 1.43. The number of rotatable bonds is 8. The molecule has 1 aliphatic rings. The van der Waals surface area contributed by atoms with E-state index in [0.29, 0.717) is 25.8 Å². The minimum atomic E-state index is -1.71. The number of hydrogen-bond acceptors (Lipinski definition) is 5. The summed E-state index contributed by atoms with van der Waals surface area (Å²) in [7, 11) is 0. The molecule has 0 spiro atoms. The Balaban J connectivity index is 2.14. The lowest BCUT2D eigenvalue weighted by molar-refractivity contribution is -0.152. The van der Waals surface area contributed by atoms with Gasteiger partial charge in [-0.2, -0.15) is 0 Å². The molecule has 0 bridgehead atoms. The van der Waals surface area contributed by atoms with Crippen LogP contribution in [0.3, 0.4) is 0 Å². The van der Waals surface area contributed by atoms with Gasteiger partial charge in [-0.15, -0.1) is 0 Å². The molecule has 3 atom stereocenters.